The lowest BCUT2D eigenvalue weighted by Crippen LogP contribution is -2.30. The molecule has 0 aliphatic heterocycles. The van der Waals surface area contributed by atoms with Gasteiger partial charge in [0, 0.05) is 29.5 Å². The number of aromatic nitrogens is 2. The molecule has 0 saturated heterocycles. The van der Waals surface area contributed by atoms with E-state index in [0.29, 0.717) is 18.0 Å². The molecule has 0 aliphatic carbocycles. The summed E-state index contributed by atoms with van der Waals surface area (Å²) in [6.07, 6.45) is 5.39. The summed E-state index contributed by atoms with van der Waals surface area (Å²) in [5, 5.41) is 2.76. The standard InChI is InChI=1S/C21H23N3O3S/c1-15(28-18-8-9-19(26-2)20(12-18)27-3)21(25)23-13-16-4-6-17(7-5-16)24-11-10-22-14-24/h4-12,14-15H,13H2,1-3H3,(H,23,25). The van der Waals surface area contributed by atoms with Crippen molar-refractivity contribution in [1.82, 2.24) is 14.9 Å². The van der Waals surface area contributed by atoms with Crippen LogP contribution < -0.4 is 14.8 Å². The van der Waals surface area contributed by atoms with Crippen LogP contribution in [-0.4, -0.2) is 34.9 Å². The number of ether oxygens (including phenoxy) is 2. The number of carbonyl (C=O) groups excluding carboxylic acids is 1. The van der Waals surface area contributed by atoms with E-state index in [1.807, 2.05) is 60.2 Å². The third-order valence-corrected chi connectivity index (χ3v) is 5.34. The molecule has 6 nitrogen and oxygen atoms in total. The fraction of sp³-hybridized carbons (Fsp3) is 0.238. The zero-order valence-electron chi connectivity index (χ0n) is 16.1. The second-order valence-corrected chi connectivity index (χ2v) is 7.55. The van der Waals surface area contributed by atoms with E-state index in [1.54, 1.807) is 26.7 Å². The quantitative estimate of drug-likeness (QED) is 0.588. The second kappa shape index (κ2) is 9.32. The van der Waals surface area contributed by atoms with E-state index >= 15 is 0 Å². The zero-order valence-corrected chi connectivity index (χ0v) is 16.9. The van der Waals surface area contributed by atoms with E-state index in [0.717, 1.165) is 16.1 Å². The minimum absolute atomic E-state index is 0.0153. The largest absolute Gasteiger partial charge is 0.493 e. The highest BCUT2D eigenvalue weighted by Gasteiger charge is 2.15. The van der Waals surface area contributed by atoms with E-state index in [2.05, 4.69) is 10.3 Å². The third kappa shape index (κ3) is 4.86. The summed E-state index contributed by atoms with van der Waals surface area (Å²) in [6, 6.07) is 13.7. The predicted molar refractivity (Wildman–Crippen MR) is 110 cm³/mol. The Kier molecular flexibility index (Phi) is 6.60. The first kappa shape index (κ1) is 19.8. The van der Waals surface area contributed by atoms with Crippen molar-refractivity contribution in [2.24, 2.45) is 0 Å². The van der Waals surface area contributed by atoms with Gasteiger partial charge in [-0.25, -0.2) is 4.98 Å². The number of nitrogens with one attached hydrogen (secondary N) is 1. The molecule has 146 valence electrons. The summed E-state index contributed by atoms with van der Waals surface area (Å²) in [5.74, 6) is 1.31. The fourth-order valence-corrected chi connectivity index (χ4v) is 3.60. The van der Waals surface area contributed by atoms with Gasteiger partial charge in [0.25, 0.3) is 0 Å². The molecule has 7 heteroatoms. The van der Waals surface area contributed by atoms with E-state index < -0.39 is 0 Å². The summed E-state index contributed by atoms with van der Waals surface area (Å²) < 4.78 is 12.5. The number of methoxy groups -OCH3 is 2. The third-order valence-electron chi connectivity index (χ3n) is 4.24. The van der Waals surface area contributed by atoms with Crippen LogP contribution in [0.2, 0.25) is 0 Å². The van der Waals surface area contributed by atoms with Crippen LogP contribution in [-0.2, 0) is 11.3 Å². The van der Waals surface area contributed by atoms with Gasteiger partial charge in [-0.1, -0.05) is 12.1 Å². The maximum absolute atomic E-state index is 12.5. The Morgan fingerprint density at radius 1 is 1.14 bits per heavy atom. The van der Waals surface area contributed by atoms with Gasteiger partial charge in [-0.3, -0.25) is 4.79 Å². The number of hydrogen-bond acceptors (Lipinski definition) is 5. The summed E-state index contributed by atoms with van der Waals surface area (Å²) in [6.45, 7) is 2.37. The average Bonchev–Trinajstić information content (AvgIpc) is 3.27. The Bertz CT molecular complexity index is 911. The number of hydrogen-bond donors (Lipinski definition) is 1. The predicted octanol–water partition coefficient (Wildman–Crippen LogP) is 3.69. The van der Waals surface area contributed by atoms with Gasteiger partial charge in [0.1, 0.15) is 0 Å². The molecule has 0 bridgehead atoms. The first-order valence-corrected chi connectivity index (χ1v) is 9.72. The Hall–Kier alpha value is -2.93. The first-order valence-electron chi connectivity index (χ1n) is 8.84. The normalized spacial score (nSPS) is 11.7. The van der Waals surface area contributed by atoms with Crippen LogP contribution in [0.5, 0.6) is 11.5 Å². The Labute approximate surface area is 168 Å². The van der Waals surface area contributed by atoms with Gasteiger partial charge in [-0.15, -0.1) is 11.8 Å². The van der Waals surface area contributed by atoms with Crippen LogP contribution in [0.15, 0.2) is 66.1 Å². The monoisotopic (exact) mass is 397 g/mol. The van der Waals surface area contributed by atoms with E-state index in [9.17, 15) is 4.79 Å². The Morgan fingerprint density at radius 2 is 1.89 bits per heavy atom. The van der Waals surface area contributed by atoms with Crippen LogP contribution in [0.1, 0.15) is 12.5 Å². The molecule has 0 radical (unpaired) electrons. The van der Waals surface area contributed by atoms with Crippen LogP contribution in [0.4, 0.5) is 0 Å². The van der Waals surface area contributed by atoms with Gasteiger partial charge in [0.05, 0.1) is 25.8 Å². The molecule has 0 saturated carbocycles. The van der Waals surface area contributed by atoms with Crippen LogP contribution >= 0.6 is 11.8 Å². The van der Waals surface area contributed by atoms with Gasteiger partial charge in [0.2, 0.25) is 5.91 Å². The van der Waals surface area contributed by atoms with Gasteiger partial charge >= 0.3 is 0 Å². The van der Waals surface area contributed by atoms with Crippen molar-refractivity contribution in [3.8, 4) is 17.2 Å². The molecule has 3 aromatic rings. The second-order valence-electron chi connectivity index (χ2n) is 6.13. The van der Waals surface area contributed by atoms with Gasteiger partial charge in [-0.2, -0.15) is 0 Å². The van der Waals surface area contributed by atoms with E-state index in [4.69, 9.17) is 9.47 Å². The minimum atomic E-state index is -0.233. The average molecular weight is 398 g/mol. The maximum atomic E-state index is 12.5. The van der Waals surface area contributed by atoms with Crippen molar-refractivity contribution in [2.75, 3.05) is 14.2 Å². The van der Waals surface area contributed by atoms with E-state index in [-0.39, 0.29) is 11.2 Å². The van der Waals surface area contributed by atoms with Gasteiger partial charge in [0.15, 0.2) is 11.5 Å². The fourth-order valence-electron chi connectivity index (χ4n) is 2.68. The van der Waals surface area contributed by atoms with Gasteiger partial charge < -0.3 is 19.4 Å². The molecule has 1 atom stereocenters. The molecule has 1 unspecified atom stereocenters. The highest BCUT2D eigenvalue weighted by Crippen LogP contribution is 2.33. The highest BCUT2D eigenvalue weighted by molar-refractivity contribution is 8.00. The molecule has 0 fully saturated rings. The Morgan fingerprint density at radius 3 is 2.54 bits per heavy atom. The summed E-state index contributed by atoms with van der Waals surface area (Å²) >= 11 is 1.48. The van der Waals surface area contributed by atoms with Crippen molar-refractivity contribution >= 4 is 17.7 Å². The van der Waals surface area contributed by atoms with Crippen LogP contribution in [0, 0.1) is 0 Å². The molecule has 1 amide bonds. The van der Waals surface area contributed by atoms with Crippen molar-refractivity contribution in [1.29, 1.82) is 0 Å². The maximum Gasteiger partial charge on any atom is 0.233 e. The zero-order chi connectivity index (χ0) is 19.9. The summed E-state index contributed by atoms with van der Waals surface area (Å²) in [5.41, 5.74) is 2.07. The molecule has 1 heterocycles. The van der Waals surface area contributed by atoms with Crippen LogP contribution in [0.3, 0.4) is 0 Å². The number of nitrogens with zero attached hydrogens (tertiary/aromatic N) is 2. The van der Waals surface area contributed by atoms with Crippen LogP contribution in [0.25, 0.3) is 5.69 Å². The van der Waals surface area contributed by atoms with Crippen molar-refractivity contribution in [3.63, 3.8) is 0 Å². The number of benzene rings is 2. The molecule has 0 spiro atoms. The number of amides is 1. The topological polar surface area (TPSA) is 65.4 Å². The number of rotatable bonds is 8. The molecule has 2 aromatic carbocycles. The highest BCUT2D eigenvalue weighted by atomic mass is 32.2. The number of imidazole rings is 1. The number of thioether (sulfide) groups is 1. The van der Waals surface area contributed by atoms with E-state index in [1.165, 1.54) is 11.8 Å². The lowest BCUT2D eigenvalue weighted by molar-refractivity contribution is -0.120. The summed E-state index contributed by atoms with van der Waals surface area (Å²) in [4.78, 5) is 17.4. The molecule has 3 rings (SSSR count). The van der Waals surface area contributed by atoms with Crippen molar-refractivity contribution < 1.29 is 14.3 Å². The minimum Gasteiger partial charge on any atom is -0.493 e. The Balaban J connectivity index is 1.54. The molecular formula is C21H23N3O3S. The molecule has 1 N–H and O–H groups in total. The summed E-state index contributed by atoms with van der Waals surface area (Å²) in [7, 11) is 3.20. The lowest BCUT2D eigenvalue weighted by Gasteiger charge is -2.14. The van der Waals surface area contributed by atoms with Gasteiger partial charge in [-0.05, 0) is 42.8 Å². The SMILES string of the molecule is COc1ccc(SC(C)C(=O)NCc2ccc(-n3ccnc3)cc2)cc1OC. The molecule has 1 aromatic heterocycles. The smallest absolute Gasteiger partial charge is 0.233 e. The van der Waals surface area contributed by atoms with Crippen molar-refractivity contribution in [2.45, 2.75) is 23.6 Å². The number of carbonyl (C=O) groups is 1. The van der Waals surface area contributed by atoms with Crippen molar-refractivity contribution in [3.05, 3.63) is 66.7 Å². The lowest BCUT2D eigenvalue weighted by atomic mass is 10.2. The molecule has 0 aliphatic rings. The molecular weight excluding hydrogens is 374 g/mol. The molecule has 28 heavy (non-hydrogen) atoms. The first-order chi connectivity index (χ1) is 13.6.